The van der Waals surface area contributed by atoms with Crippen molar-refractivity contribution >= 4 is 29.1 Å². The molecule has 0 bridgehead atoms. The summed E-state index contributed by atoms with van der Waals surface area (Å²) in [5, 5.41) is 8.73. The van der Waals surface area contributed by atoms with E-state index in [1.54, 1.807) is 0 Å². The number of hydrogen-bond donors (Lipinski definition) is 0. The highest BCUT2D eigenvalue weighted by molar-refractivity contribution is 5.96. The maximum atomic E-state index is 15.9. The molecule has 1 aromatic carbocycles. The molecule has 0 radical (unpaired) electrons. The molecular weight excluding hydrogens is 389 g/mol. The zero-order valence-electron chi connectivity index (χ0n) is 16.6. The second-order valence-corrected chi connectivity index (χ2v) is 8.22. The van der Waals surface area contributed by atoms with Gasteiger partial charge in [-0.25, -0.2) is 9.37 Å². The fourth-order valence-electron chi connectivity index (χ4n) is 5.26. The highest BCUT2D eigenvalue weighted by Gasteiger charge is 2.52. The Kier molecular flexibility index (Phi) is 3.64. The van der Waals surface area contributed by atoms with Crippen LogP contribution in [0, 0.1) is 11.2 Å². The molecule has 0 N–H and O–H groups in total. The quantitative estimate of drug-likeness (QED) is 0.612. The van der Waals surface area contributed by atoms with Gasteiger partial charge in [-0.2, -0.15) is 9.78 Å². The third-order valence-corrected chi connectivity index (χ3v) is 6.22. The lowest BCUT2D eigenvalue weighted by atomic mass is 9.69. The predicted molar refractivity (Wildman–Crippen MR) is 108 cm³/mol. The predicted octanol–water partition coefficient (Wildman–Crippen LogP) is 2.18. The van der Waals surface area contributed by atoms with Gasteiger partial charge in [0.15, 0.2) is 5.82 Å². The first-order valence-corrected chi connectivity index (χ1v) is 9.97. The zero-order valence-corrected chi connectivity index (χ0v) is 16.6. The van der Waals surface area contributed by atoms with Crippen LogP contribution in [0.3, 0.4) is 0 Å². The van der Waals surface area contributed by atoms with E-state index in [9.17, 15) is 0 Å². The summed E-state index contributed by atoms with van der Waals surface area (Å²) in [6.45, 7) is 5.02. The molecule has 5 heterocycles. The molecule has 30 heavy (non-hydrogen) atoms. The van der Waals surface area contributed by atoms with Gasteiger partial charge >= 0.3 is 0 Å². The normalized spacial score (nSPS) is 26.9. The number of hydrogen-bond acceptors (Lipinski definition) is 8. The number of rotatable bonds is 1. The van der Waals surface area contributed by atoms with Crippen LogP contribution in [0.4, 0.5) is 10.1 Å². The standard InChI is InChI=1S/C20H20FN7O2/c1-11-5-27-16-13(4-20(6-22-8-23-7-20)18(27)12(2)29-11)3-14-17(15(16)21)30-26-19(14)28-10-24-9-25-28/h3,6-7,9-12,18H,4-5,8H2,1-2H3/t11-,12+,18-/m1/s1. The first-order valence-electron chi connectivity index (χ1n) is 9.97. The van der Waals surface area contributed by atoms with E-state index in [0.29, 0.717) is 36.5 Å². The molecule has 0 saturated carbocycles. The first kappa shape index (κ1) is 17.7. The van der Waals surface area contributed by atoms with Crippen molar-refractivity contribution in [2.75, 3.05) is 18.1 Å². The molecule has 3 aliphatic rings. The molecule has 3 aliphatic heterocycles. The van der Waals surface area contributed by atoms with E-state index in [-0.39, 0.29) is 23.8 Å². The van der Waals surface area contributed by atoms with Crippen molar-refractivity contribution in [3.63, 3.8) is 0 Å². The minimum absolute atomic E-state index is 0.0350. The van der Waals surface area contributed by atoms with Crippen LogP contribution in [0.1, 0.15) is 19.4 Å². The van der Waals surface area contributed by atoms with E-state index in [0.717, 1.165) is 5.56 Å². The molecule has 10 heteroatoms. The highest BCUT2D eigenvalue weighted by atomic mass is 19.1. The lowest BCUT2D eigenvalue weighted by Gasteiger charge is -2.54. The SMILES string of the molecule is C[C@@H]1CN2c3c(cc4c(-n5cncn5)noc4c3F)CC3(C=NCN=C3)[C@H]2[C@H](C)O1. The largest absolute Gasteiger partial charge is 0.372 e. The molecular formula is C20H20FN7O2. The summed E-state index contributed by atoms with van der Waals surface area (Å²) in [5.41, 5.74) is 1.07. The Balaban J connectivity index is 1.60. The van der Waals surface area contributed by atoms with E-state index in [4.69, 9.17) is 9.26 Å². The van der Waals surface area contributed by atoms with E-state index in [1.165, 1.54) is 17.3 Å². The van der Waals surface area contributed by atoms with Crippen LogP contribution in [0.2, 0.25) is 0 Å². The van der Waals surface area contributed by atoms with E-state index >= 15 is 4.39 Å². The summed E-state index contributed by atoms with van der Waals surface area (Å²) in [5.74, 6) is 0.00210. The van der Waals surface area contributed by atoms with Gasteiger partial charge in [0.1, 0.15) is 19.3 Å². The van der Waals surface area contributed by atoms with Gasteiger partial charge < -0.3 is 14.2 Å². The average molecular weight is 409 g/mol. The van der Waals surface area contributed by atoms with Crippen LogP contribution in [0.5, 0.6) is 0 Å². The fraction of sp³-hybridized carbons (Fsp3) is 0.450. The number of aliphatic imine (C=N–C) groups is 2. The summed E-state index contributed by atoms with van der Waals surface area (Å²) in [7, 11) is 0. The Bertz CT molecular complexity index is 1170. The second kappa shape index (κ2) is 6.18. The molecule has 154 valence electrons. The molecule has 9 nitrogen and oxygen atoms in total. The van der Waals surface area contributed by atoms with E-state index in [2.05, 4.69) is 30.1 Å². The lowest BCUT2D eigenvalue weighted by molar-refractivity contribution is -0.0432. The molecule has 2 aromatic heterocycles. The molecule has 0 aliphatic carbocycles. The fourth-order valence-corrected chi connectivity index (χ4v) is 5.26. The first-order chi connectivity index (χ1) is 14.6. The van der Waals surface area contributed by atoms with Crippen LogP contribution < -0.4 is 4.90 Å². The van der Waals surface area contributed by atoms with Crippen LogP contribution in [-0.4, -0.2) is 63.8 Å². The van der Waals surface area contributed by atoms with Crippen molar-refractivity contribution < 1.29 is 13.7 Å². The van der Waals surface area contributed by atoms with Gasteiger partial charge in [-0.05, 0) is 31.9 Å². The number of fused-ring (bicyclic) bond motifs is 5. The lowest BCUT2D eigenvalue weighted by Crippen LogP contribution is -2.65. The highest BCUT2D eigenvalue weighted by Crippen LogP contribution is 2.47. The summed E-state index contributed by atoms with van der Waals surface area (Å²) in [6.07, 6.45) is 7.25. The van der Waals surface area contributed by atoms with Crippen LogP contribution >= 0.6 is 0 Å². The van der Waals surface area contributed by atoms with Gasteiger partial charge in [0.2, 0.25) is 11.4 Å². The Labute approximate surface area is 171 Å². The molecule has 3 atom stereocenters. The summed E-state index contributed by atoms with van der Waals surface area (Å²) < 4.78 is 28.9. The van der Waals surface area contributed by atoms with Gasteiger partial charge in [-0.3, -0.25) is 9.98 Å². The molecule has 3 aromatic rings. The monoisotopic (exact) mass is 409 g/mol. The maximum absolute atomic E-state index is 15.9. The number of aromatic nitrogens is 4. The van der Waals surface area contributed by atoms with Gasteiger partial charge in [0.05, 0.1) is 34.7 Å². The van der Waals surface area contributed by atoms with Crippen molar-refractivity contribution in [3.8, 4) is 5.82 Å². The Morgan fingerprint density at radius 3 is 2.83 bits per heavy atom. The molecule has 6 rings (SSSR count). The number of nitrogens with zero attached hydrogens (tertiary/aromatic N) is 7. The van der Waals surface area contributed by atoms with Crippen LogP contribution in [0.25, 0.3) is 16.8 Å². The summed E-state index contributed by atoms with van der Waals surface area (Å²) in [4.78, 5) is 15.0. The second-order valence-electron chi connectivity index (χ2n) is 8.22. The summed E-state index contributed by atoms with van der Waals surface area (Å²) >= 11 is 0. The van der Waals surface area contributed by atoms with E-state index in [1.807, 2.05) is 32.3 Å². The van der Waals surface area contributed by atoms with Gasteiger partial charge in [-0.15, -0.1) is 0 Å². The number of anilines is 1. The minimum atomic E-state index is -0.463. The van der Waals surface area contributed by atoms with Crippen molar-refractivity contribution in [2.45, 2.75) is 38.5 Å². The maximum Gasteiger partial charge on any atom is 0.206 e. The number of benzene rings is 1. The molecule has 1 fully saturated rings. The van der Waals surface area contributed by atoms with Gasteiger partial charge in [-0.1, -0.05) is 5.16 Å². The third kappa shape index (κ3) is 2.33. The Morgan fingerprint density at radius 1 is 1.23 bits per heavy atom. The van der Waals surface area contributed by atoms with E-state index < -0.39 is 11.2 Å². The number of morpholine rings is 1. The van der Waals surface area contributed by atoms with Crippen molar-refractivity contribution in [3.05, 3.63) is 30.1 Å². The Hall–Kier alpha value is -3.14. The third-order valence-electron chi connectivity index (χ3n) is 6.22. The number of ether oxygens (including phenoxy) is 1. The molecule has 0 amide bonds. The van der Waals surface area contributed by atoms with Crippen LogP contribution in [-0.2, 0) is 11.2 Å². The smallest absolute Gasteiger partial charge is 0.206 e. The van der Waals surface area contributed by atoms with Crippen molar-refractivity contribution in [2.24, 2.45) is 15.4 Å². The minimum Gasteiger partial charge on any atom is -0.372 e. The Morgan fingerprint density at radius 2 is 2.07 bits per heavy atom. The van der Waals surface area contributed by atoms with Gasteiger partial charge in [0, 0.05) is 19.0 Å². The van der Waals surface area contributed by atoms with Crippen molar-refractivity contribution in [1.29, 1.82) is 0 Å². The summed E-state index contributed by atoms with van der Waals surface area (Å²) in [6, 6.07) is 1.83. The molecule has 1 spiro atoms. The zero-order chi connectivity index (χ0) is 20.5. The van der Waals surface area contributed by atoms with Crippen molar-refractivity contribution in [1.82, 2.24) is 19.9 Å². The topological polar surface area (TPSA) is 93.9 Å². The van der Waals surface area contributed by atoms with Gasteiger partial charge in [0.25, 0.3) is 0 Å². The molecule has 1 saturated heterocycles. The molecule has 0 unspecified atom stereocenters. The number of halogens is 1. The van der Waals surface area contributed by atoms with Crippen LogP contribution in [0.15, 0.2) is 33.2 Å². The average Bonchev–Trinajstić information content (AvgIpc) is 3.37.